The van der Waals surface area contributed by atoms with E-state index in [9.17, 15) is 9.90 Å². The van der Waals surface area contributed by atoms with Crippen LogP contribution in [0.15, 0.2) is 103 Å². The van der Waals surface area contributed by atoms with E-state index < -0.39 is 6.29 Å². The number of rotatable bonds is 11. The van der Waals surface area contributed by atoms with Crippen molar-refractivity contribution in [3.8, 4) is 11.1 Å². The van der Waals surface area contributed by atoms with Crippen molar-refractivity contribution in [3.63, 3.8) is 0 Å². The molecule has 7 nitrogen and oxygen atoms in total. The molecule has 3 saturated heterocycles. The molecule has 0 spiro atoms. The molecule has 2 N–H and O–H groups in total. The molecule has 0 aromatic heterocycles. The van der Waals surface area contributed by atoms with Crippen molar-refractivity contribution in [2.24, 2.45) is 5.92 Å². The quantitative estimate of drug-likeness (QED) is 0.179. The number of aliphatic hydroxyl groups is 1. The first-order chi connectivity index (χ1) is 24.0. The monoisotopic (exact) mass is 659 g/mol. The molecule has 7 heteroatoms. The number of nitrogens with one attached hydrogen (secondary N) is 1. The standard InChI is InChI=1S/C42H49N3O4/c1-30-39(28-45-24-8-13-38(45)27-44-22-5-6-23-44)48-42(49-40(30)34-16-14-31(29-46)15-17-34)36-20-18-33(19-21-36)37-12-7-9-32(25-37)26-43-41(47)35-10-3-2-4-11-35/h2-4,7,9-12,14-21,25,30,38-40,42,46H,5-6,8,13,22-24,26-29H2,1H3,(H,43,47)/t30-,38+,39+,40+,42+/m1/s1. The Kier molecular flexibility index (Phi) is 10.8. The first kappa shape index (κ1) is 33.6. The van der Waals surface area contributed by atoms with Gasteiger partial charge in [0.25, 0.3) is 5.91 Å². The molecule has 3 fully saturated rings. The molecule has 0 saturated carbocycles. The first-order valence-corrected chi connectivity index (χ1v) is 18.0. The summed E-state index contributed by atoms with van der Waals surface area (Å²) in [5, 5.41) is 12.7. The summed E-state index contributed by atoms with van der Waals surface area (Å²) in [6.07, 6.45) is 4.54. The Morgan fingerprint density at radius 1 is 0.776 bits per heavy atom. The Balaban J connectivity index is 1.07. The lowest BCUT2D eigenvalue weighted by molar-refractivity contribution is -0.276. The molecule has 1 amide bonds. The minimum absolute atomic E-state index is 0.0166. The molecule has 5 atom stereocenters. The van der Waals surface area contributed by atoms with Gasteiger partial charge in [-0.3, -0.25) is 9.69 Å². The maximum absolute atomic E-state index is 12.6. The number of carbonyl (C=O) groups excluding carboxylic acids is 1. The van der Waals surface area contributed by atoms with E-state index in [4.69, 9.17) is 9.47 Å². The van der Waals surface area contributed by atoms with Crippen LogP contribution >= 0.6 is 0 Å². The van der Waals surface area contributed by atoms with Crippen molar-refractivity contribution < 1.29 is 19.4 Å². The molecule has 3 heterocycles. The highest BCUT2D eigenvalue weighted by Crippen LogP contribution is 2.42. The fourth-order valence-electron chi connectivity index (χ4n) is 7.73. The maximum Gasteiger partial charge on any atom is 0.251 e. The number of nitrogens with zero attached hydrogens (tertiary/aromatic N) is 2. The largest absolute Gasteiger partial charge is 0.392 e. The smallest absolute Gasteiger partial charge is 0.251 e. The maximum atomic E-state index is 12.6. The van der Waals surface area contributed by atoms with Crippen molar-refractivity contribution in [3.05, 3.63) is 131 Å². The SMILES string of the molecule is C[C@@H]1[C@H](CN2CCC[C@H]2CN2CCCC2)O[C@H](c2ccc(-c3cccc(CNC(=O)c4ccccc4)c3)cc2)O[C@@H]1c1ccc(CO)cc1. The second-order valence-corrected chi connectivity index (χ2v) is 14.0. The lowest BCUT2D eigenvalue weighted by Gasteiger charge is -2.43. The van der Waals surface area contributed by atoms with Crippen LogP contribution in [0.1, 0.15) is 77.6 Å². The van der Waals surface area contributed by atoms with E-state index in [2.05, 4.69) is 70.6 Å². The Morgan fingerprint density at radius 3 is 2.29 bits per heavy atom. The molecular weight excluding hydrogens is 610 g/mol. The molecule has 49 heavy (non-hydrogen) atoms. The van der Waals surface area contributed by atoms with Crippen LogP contribution in [-0.2, 0) is 22.6 Å². The van der Waals surface area contributed by atoms with Crippen LogP contribution < -0.4 is 5.32 Å². The number of likely N-dealkylation sites (tertiary alicyclic amines) is 2. The molecule has 3 aliphatic rings. The Bertz CT molecular complexity index is 1660. The van der Waals surface area contributed by atoms with Gasteiger partial charge in [0.1, 0.15) is 0 Å². The van der Waals surface area contributed by atoms with Gasteiger partial charge in [-0.15, -0.1) is 0 Å². The molecular formula is C42H49N3O4. The van der Waals surface area contributed by atoms with E-state index in [1.165, 1.54) is 38.8 Å². The predicted molar refractivity (Wildman–Crippen MR) is 193 cm³/mol. The van der Waals surface area contributed by atoms with E-state index in [0.29, 0.717) is 18.2 Å². The summed E-state index contributed by atoms with van der Waals surface area (Å²) in [6.45, 7) is 8.39. The van der Waals surface area contributed by atoms with Gasteiger partial charge in [0.2, 0.25) is 0 Å². The van der Waals surface area contributed by atoms with Crippen LogP contribution in [-0.4, -0.2) is 65.7 Å². The van der Waals surface area contributed by atoms with Gasteiger partial charge >= 0.3 is 0 Å². The van der Waals surface area contributed by atoms with Crippen molar-refractivity contribution in [2.45, 2.75) is 70.3 Å². The van der Waals surface area contributed by atoms with E-state index in [-0.39, 0.29) is 30.6 Å². The van der Waals surface area contributed by atoms with E-state index in [0.717, 1.165) is 53.0 Å². The summed E-state index contributed by atoms with van der Waals surface area (Å²) in [5.41, 5.74) is 6.90. The molecule has 0 bridgehead atoms. The number of ether oxygens (including phenoxy) is 2. The topological polar surface area (TPSA) is 74.3 Å². The van der Waals surface area contributed by atoms with Gasteiger partial charge in [-0.25, -0.2) is 0 Å². The Hall–Kier alpha value is -3.85. The molecule has 0 unspecified atom stereocenters. The number of benzene rings is 4. The van der Waals surface area contributed by atoms with Crippen molar-refractivity contribution >= 4 is 5.91 Å². The van der Waals surface area contributed by atoms with Crippen LogP contribution in [0.25, 0.3) is 11.1 Å². The van der Waals surface area contributed by atoms with E-state index in [1.807, 2.05) is 54.6 Å². The normalized spacial score (nSPS) is 24.7. The van der Waals surface area contributed by atoms with Crippen molar-refractivity contribution in [1.29, 1.82) is 0 Å². The zero-order chi connectivity index (χ0) is 33.6. The summed E-state index contributed by atoms with van der Waals surface area (Å²) >= 11 is 0. The van der Waals surface area contributed by atoms with Crippen molar-refractivity contribution in [1.82, 2.24) is 15.1 Å². The average molecular weight is 660 g/mol. The minimum atomic E-state index is -0.489. The fraction of sp³-hybridized carbons (Fsp3) is 0.405. The fourth-order valence-corrected chi connectivity index (χ4v) is 7.73. The van der Waals surface area contributed by atoms with Crippen LogP contribution in [0.4, 0.5) is 0 Å². The van der Waals surface area contributed by atoms with Crippen LogP contribution in [0.3, 0.4) is 0 Å². The van der Waals surface area contributed by atoms with Crippen LogP contribution in [0, 0.1) is 5.92 Å². The second-order valence-electron chi connectivity index (χ2n) is 14.0. The summed E-state index contributed by atoms with van der Waals surface area (Å²) in [4.78, 5) is 17.9. The van der Waals surface area contributed by atoms with Gasteiger partial charge in [0, 0.05) is 42.7 Å². The van der Waals surface area contributed by atoms with Gasteiger partial charge < -0.3 is 24.8 Å². The van der Waals surface area contributed by atoms with Gasteiger partial charge in [0.05, 0.1) is 18.8 Å². The number of aliphatic hydroxyl groups excluding tert-OH is 1. The molecule has 7 rings (SSSR count). The number of amides is 1. The molecule has 4 aromatic rings. The van der Waals surface area contributed by atoms with E-state index >= 15 is 0 Å². The molecule has 256 valence electrons. The summed E-state index contributed by atoms with van der Waals surface area (Å²) in [5.74, 6) is 0.0820. The molecule has 0 aliphatic carbocycles. The third-order valence-corrected chi connectivity index (χ3v) is 10.6. The zero-order valence-corrected chi connectivity index (χ0v) is 28.5. The number of carbonyl (C=O) groups is 1. The van der Waals surface area contributed by atoms with Gasteiger partial charge in [-0.05, 0) is 91.3 Å². The van der Waals surface area contributed by atoms with Crippen molar-refractivity contribution in [2.75, 3.05) is 32.7 Å². The van der Waals surface area contributed by atoms with Gasteiger partial charge in [0.15, 0.2) is 6.29 Å². The minimum Gasteiger partial charge on any atom is -0.392 e. The van der Waals surface area contributed by atoms with Gasteiger partial charge in [-0.2, -0.15) is 0 Å². The molecule has 0 radical (unpaired) electrons. The second kappa shape index (κ2) is 15.8. The summed E-state index contributed by atoms with van der Waals surface area (Å²) in [6, 6.07) is 34.9. The van der Waals surface area contributed by atoms with E-state index in [1.54, 1.807) is 0 Å². The third-order valence-electron chi connectivity index (χ3n) is 10.6. The highest BCUT2D eigenvalue weighted by Gasteiger charge is 2.40. The molecule has 3 aliphatic heterocycles. The highest BCUT2D eigenvalue weighted by molar-refractivity contribution is 5.94. The lowest BCUT2D eigenvalue weighted by Crippen LogP contribution is -2.48. The lowest BCUT2D eigenvalue weighted by atomic mass is 9.89. The van der Waals surface area contributed by atoms with Crippen LogP contribution in [0.2, 0.25) is 0 Å². The highest BCUT2D eigenvalue weighted by atomic mass is 16.7. The zero-order valence-electron chi connectivity index (χ0n) is 28.5. The summed E-state index contributed by atoms with van der Waals surface area (Å²) < 4.78 is 13.6. The number of hydrogen-bond donors (Lipinski definition) is 2. The Labute approximate surface area is 290 Å². The average Bonchev–Trinajstić information content (AvgIpc) is 3.84. The van der Waals surface area contributed by atoms with Crippen LogP contribution in [0.5, 0.6) is 0 Å². The van der Waals surface area contributed by atoms with Gasteiger partial charge in [-0.1, -0.05) is 91.9 Å². The Morgan fingerprint density at radius 2 is 1.53 bits per heavy atom. The first-order valence-electron chi connectivity index (χ1n) is 18.0. The predicted octanol–water partition coefficient (Wildman–Crippen LogP) is 7.13. The summed E-state index contributed by atoms with van der Waals surface area (Å²) in [7, 11) is 0. The third kappa shape index (κ3) is 8.14. The number of hydrogen-bond acceptors (Lipinski definition) is 6. The molecule has 4 aromatic carbocycles.